The second-order valence-corrected chi connectivity index (χ2v) is 9.23. The molecule has 31 heavy (non-hydrogen) atoms. The number of nitrogens with one attached hydrogen (secondary N) is 1. The number of nitrogens with zero attached hydrogens (tertiary/aromatic N) is 2. The first kappa shape index (κ1) is 21.7. The molecular weight excluding hydrogens is 388 g/mol. The quantitative estimate of drug-likeness (QED) is 0.606. The second-order valence-electron chi connectivity index (χ2n) is 9.23. The summed E-state index contributed by atoms with van der Waals surface area (Å²) in [7, 11) is 1.66. The van der Waals surface area contributed by atoms with Gasteiger partial charge in [0.1, 0.15) is 17.3 Å². The molecule has 0 spiro atoms. The van der Waals surface area contributed by atoms with Gasteiger partial charge in [-0.15, -0.1) is 0 Å². The van der Waals surface area contributed by atoms with Gasteiger partial charge in [-0.2, -0.15) is 0 Å². The molecule has 6 heteroatoms. The number of nitrogen functional groups attached to an aromatic ring is 1. The van der Waals surface area contributed by atoms with Gasteiger partial charge in [0.25, 0.3) is 5.91 Å². The minimum Gasteiger partial charge on any atom is -0.496 e. The fraction of sp³-hybridized carbons (Fsp3) is 0.600. The molecule has 2 aliphatic rings. The maximum Gasteiger partial charge on any atom is 0.271 e. The molecule has 0 bridgehead atoms. The van der Waals surface area contributed by atoms with Gasteiger partial charge >= 0.3 is 0 Å². The highest BCUT2D eigenvalue weighted by molar-refractivity contribution is 5.94. The Balaban J connectivity index is 1.67. The summed E-state index contributed by atoms with van der Waals surface area (Å²) in [6.07, 6.45) is 12.2. The predicted octanol–water partition coefficient (Wildman–Crippen LogP) is 5.09. The van der Waals surface area contributed by atoms with Crippen LogP contribution in [0.3, 0.4) is 0 Å². The standard InChI is InChI=1S/C25H36N4O2/c1-17-23(25(30)27-20-10-6-7-11-20)28-24(21-16-19(26)12-13-22(21)31-2)29(17)15-14-18-8-4-3-5-9-18/h12-13,16,18,20H,3-11,14-15,26H2,1-2H3,(H,27,30). The van der Waals surface area contributed by atoms with E-state index in [0.717, 1.165) is 54.6 Å². The zero-order valence-corrected chi connectivity index (χ0v) is 19.0. The highest BCUT2D eigenvalue weighted by Gasteiger charge is 2.26. The fourth-order valence-electron chi connectivity index (χ4n) is 5.24. The molecular formula is C25H36N4O2. The van der Waals surface area contributed by atoms with Crippen LogP contribution in [0.4, 0.5) is 5.69 Å². The van der Waals surface area contributed by atoms with E-state index in [4.69, 9.17) is 15.5 Å². The number of rotatable bonds is 7. The topological polar surface area (TPSA) is 82.2 Å². The van der Waals surface area contributed by atoms with Crippen LogP contribution in [-0.4, -0.2) is 28.6 Å². The molecule has 2 aliphatic carbocycles. The van der Waals surface area contributed by atoms with Gasteiger partial charge in [0.2, 0.25) is 0 Å². The van der Waals surface area contributed by atoms with Crippen molar-refractivity contribution in [2.45, 2.75) is 83.7 Å². The minimum atomic E-state index is -0.0649. The van der Waals surface area contributed by atoms with E-state index in [-0.39, 0.29) is 11.9 Å². The molecule has 0 atom stereocenters. The lowest BCUT2D eigenvalue weighted by Gasteiger charge is -2.22. The van der Waals surface area contributed by atoms with Crippen molar-refractivity contribution < 1.29 is 9.53 Å². The molecule has 0 unspecified atom stereocenters. The summed E-state index contributed by atoms with van der Waals surface area (Å²) >= 11 is 0. The predicted molar refractivity (Wildman–Crippen MR) is 124 cm³/mol. The first-order valence-electron chi connectivity index (χ1n) is 11.9. The number of amides is 1. The van der Waals surface area contributed by atoms with Crippen molar-refractivity contribution in [1.29, 1.82) is 0 Å². The highest BCUT2D eigenvalue weighted by atomic mass is 16.5. The van der Waals surface area contributed by atoms with E-state index in [0.29, 0.717) is 11.4 Å². The lowest BCUT2D eigenvalue weighted by molar-refractivity contribution is 0.0932. The highest BCUT2D eigenvalue weighted by Crippen LogP contribution is 2.34. The van der Waals surface area contributed by atoms with Crippen molar-refractivity contribution in [3.63, 3.8) is 0 Å². The molecule has 4 rings (SSSR count). The maximum atomic E-state index is 13.1. The smallest absolute Gasteiger partial charge is 0.271 e. The minimum absolute atomic E-state index is 0.0649. The van der Waals surface area contributed by atoms with Crippen LogP contribution in [0.2, 0.25) is 0 Å². The van der Waals surface area contributed by atoms with Crippen molar-refractivity contribution in [3.8, 4) is 17.1 Å². The van der Waals surface area contributed by atoms with Gasteiger partial charge in [-0.3, -0.25) is 4.79 Å². The molecule has 6 nitrogen and oxygen atoms in total. The van der Waals surface area contributed by atoms with Crippen LogP contribution in [0.25, 0.3) is 11.4 Å². The summed E-state index contributed by atoms with van der Waals surface area (Å²) < 4.78 is 7.82. The van der Waals surface area contributed by atoms with Crippen molar-refractivity contribution in [2.24, 2.45) is 5.92 Å². The van der Waals surface area contributed by atoms with E-state index < -0.39 is 0 Å². The average molecular weight is 425 g/mol. The molecule has 0 saturated heterocycles. The van der Waals surface area contributed by atoms with Crippen molar-refractivity contribution in [3.05, 3.63) is 29.6 Å². The Morgan fingerprint density at radius 1 is 1.16 bits per heavy atom. The molecule has 0 radical (unpaired) electrons. The number of ether oxygens (including phenoxy) is 1. The third-order valence-electron chi connectivity index (χ3n) is 7.08. The third-order valence-corrected chi connectivity index (χ3v) is 7.08. The van der Waals surface area contributed by atoms with Gasteiger partial charge < -0.3 is 20.4 Å². The first-order valence-corrected chi connectivity index (χ1v) is 11.9. The van der Waals surface area contributed by atoms with E-state index in [1.165, 1.54) is 44.9 Å². The van der Waals surface area contributed by atoms with Crippen LogP contribution < -0.4 is 15.8 Å². The number of nitrogens with two attached hydrogens (primary N) is 1. The number of carbonyl (C=O) groups excluding carboxylic acids is 1. The lowest BCUT2D eigenvalue weighted by atomic mass is 9.87. The zero-order valence-electron chi connectivity index (χ0n) is 19.0. The Morgan fingerprint density at radius 3 is 2.58 bits per heavy atom. The summed E-state index contributed by atoms with van der Waals surface area (Å²) in [5.74, 6) is 2.18. The monoisotopic (exact) mass is 424 g/mol. The van der Waals surface area contributed by atoms with Crippen molar-refractivity contribution >= 4 is 11.6 Å². The number of methoxy groups -OCH3 is 1. The largest absolute Gasteiger partial charge is 0.496 e. The molecule has 168 valence electrons. The zero-order chi connectivity index (χ0) is 21.8. The van der Waals surface area contributed by atoms with E-state index in [1.807, 2.05) is 25.1 Å². The number of aromatic nitrogens is 2. The van der Waals surface area contributed by atoms with E-state index >= 15 is 0 Å². The van der Waals surface area contributed by atoms with Crippen LogP contribution in [-0.2, 0) is 6.54 Å². The number of imidazole rings is 1. The Morgan fingerprint density at radius 2 is 1.87 bits per heavy atom. The van der Waals surface area contributed by atoms with Gasteiger partial charge in [-0.25, -0.2) is 4.98 Å². The number of anilines is 1. The van der Waals surface area contributed by atoms with Gasteiger partial charge in [-0.1, -0.05) is 44.9 Å². The molecule has 0 aliphatic heterocycles. The summed E-state index contributed by atoms with van der Waals surface area (Å²) in [6, 6.07) is 5.87. The van der Waals surface area contributed by atoms with Crippen LogP contribution in [0.1, 0.15) is 80.4 Å². The van der Waals surface area contributed by atoms with Gasteiger partial charge in [-0.05, 0) is 50.3 Å². The Kier molecular flexibility index (Phi) is 6.83. The molecule has 1 heterocycles. The Bertz CT molecular complexity index is 908. The first-order chi connectivity index (χ1) is 15.1. The van der Waals surface area contributed by atoms with E-state index in [2.05, 4.69) is 9.88 Å². The summed E-state index contributed by atoms with van der Waals surface area (Å²) in [5, 5.41) is 3.20. The summed E-state index contributed by atoms with van der Waals surface area (Å²) in [5.41, 5.74) is 9.05. The van der Waals surface area contributed by atoms with Gasteiger partial charge in [0.15, 0.2) is 0 Å². The van der Waals surface area contributed by atoms with Crippen molar-refractivity contribution in [1.82, 2.24) is 14.9 Å². The molecule has 3 N–H and O–H groups in total. The third kappa shape index (κ3) is 4.89. The van der Waals surface area contributed by atoms with Crippen LogP contribution >= 0.6 is 0 Å². The van der Waals surface area contributed by atoms with Crippen LogP contribution in [0.15, 0.2) is 18.2 Å². The average Bonchev–Trinajstić information content (AvgIpc) is 3.40. The summed E-state index contributed by atoms with van der Waals surface area (Å²) in [4.78, 5) is 18.0. The number of carbonyl (C=O) groups is 1. The molecule has 1 aromatic heterocycles. The second kappa shape index (κ2) is 9.75. The normalized spacial score (nSPS) is 17.7. The maximum absolute atomic E-state index is 13.1. The Hall–Kier alpha value is -2.50. The number of benzene rings is 1. The molecule has 2 fully saturated rings. The van der Waals surface area contributed by atoms with Crippen LogP contribution in [0, 0.1) is 12.8 Å². The molecule has 2 aromatic rings. The van der Waals surface area contributed by atoms with E-state index in [1.54, 1.807) is 7.11 Å². The van der Waals surface area contributed by atoms with Crippen molar-refractivity contribution in [2.75, 3.05) is 12.8 Å². The van der Waals surface area contributed by atoms with Gasteiger partial charge in [0.05, 0.1) is 12.7 Å². The SMILES string of the molecule is COc1ccc(N)cc1-c1nc(C(=O)NC2CCCC2)c(C)n1CCC1CCCCC1. The van der Waals surface area contributed by atoms with Crippen LogP contribution in [0.5, 0.6) is 5.75 Å². The van der Waals surface area contributed by atoms with Gasteiger partial charge in [0, 0.05) is 24.0 Å². The molecule has 1 aromatic carbocycles. The summed E-state index contributed by atoms with van der Waals surface area (Å²) in [6.45, 7) is 2.87. The Labute approximate surface area is 185 Å². The number of hydrogen-bond acceptors (Lipinski definition) is 4. The molecule has 2 saturated carbocycles. The molecule has 1 amide bonds. The van der Waals surface area contributed by atoms with E-state index in [9.17, 15) is 4.79 Å². The lowest BCUT2D eigenvalue weighted by Crippen LogP contribution is -2.33. The number of hydrogen-bond donors (Lipinski definition) is 2. The fourth-order valence-corrected chi connectivity index (χ4v) is 5.24.